The molecule has 0 aromatic heterocycles. The van der Waals surface area contributed by atoms with Gasteiger partial charge < -0.3 is 14.9 Å². The summed E-state index contributed by atoms with van der Waals surface area (Å²) < 4.78 is 4.57. The number of anilines is 1. The quantitative estimate of drug-likeness (QED) is 0.615. The standard InChI is InChI=1S/C11H10N2O3/c1-12-7-10(14)13-9-6-4-3-5-8(9)11(15)16-2/h3-6H,7H2,2H3,(H,13,14). The third kappa shape index (κ3) is 2.82. The fourth-order valence-electron chi connectivity index (χ4n) is 1.14. The van der Waals surface area contributed by atoms with E-state index in [0.29, 0.717) is 5.69 Å². The van der Waals surface area contributed by atoms with Crippen molar-refractivity contribution in [1.29, 1.82) is 0 Å². The van der Waals surface area contributed by atoms with Crippen LogP contribution in [0.15, 0.2) is 24.3 Å². The molecule has 0 saturated carbocycles. The molecule has 0 aliphatic rings. The summed E-state index contributed by atoms with van der Waals surface area (Å²) in [6.45, 7) is 6.28. The largest absolute Gasteiger partial charge is 0.465 e. The number of methoxy groups -OCH3 is 1. The first kappa shape index (κ1) is 11.7. The lowest BCUT2D eigenvalue weighted by Crippen LogP contribution is -2.16. The van der Waals surface area contributed by atoms with Crippen molar-refractivity contribution < 1.29 is 14.3 Å². The molecule has 0 unspecified atom stereocenters. The third-order valence-corrected chi connectivity index (χ3v) is 1.83. The molecular weight excluding hydrogens is 208 g/mol. The second-order valence-electron chi connectivity index (χ2n) is 2.90. The van der Waals surface area contributed by atoms with E-state index in [9.17, 15) is 9.59 Å². The minimum absolute atomic E-state index is 0.267. The molecule has 1 amide bonds. The van der Waals surface area contributed by atoms with Crippen molar-refractivity contribution in [2.45, 2.75) is 0 Å². The van der Waals surface area contributed by atoms with E-state index in [1.54, 1.807) is 24.3 Å². The minimum atomic E-state index is -0.529. The molecule has 0 spiro atoms. The van der Waals surface area contributed by atoms with Gasteiger partial charge in [-0.2, -0.15) is 0 Å². The van der Waals surface area contributed by atoms with Crippen molar-refractivity contribution in [2.75, 3.05) is 19.0 Å². The van der Waals surface area contributed by atoms with Gasteiger partial charge in [0.25, 0.3) is 6.54 Å². The van der Waals surface area contributed by atoms with Crippen LogP contribution >= 0.6 is 0 Å². The van der Waals surface area contributed by atoms with Crippen molar-refractivity contribution >= 4 is 17.6 Å². The number of ether oxygens (including phenoxy) is 1. The van der Waals surface area contributed by atoms with Gasteiger partial charge in [-0.25, -0.2) is 11.4 Å². The number of rotatable bonds is 3. The summed E-state index contributed by atoms with van der Waals surface area (Å²) in [6.07, 6.45) is 0. The number of hydrogen-bond acceptors (Lipinski definition) is 3. The van der Waals surface area contributed by atoms with Crippen LogP contribution in [0.25, 0.3) is 4.85 Å². The van der Waals surface area contributed by atoms with Crippen molar-refractivity contribution in [1.82, 2.24) is 0 Å². The summed E-state index contributed by atoms with van der Waals surface area (Å²) in [5.41, 5.74) is 0.617. The SMILES string of the molecule is [C-]#[N+]CC(=O)Nc1ccccc1C(=O)OC. The van der Waals surface area contributed by atoms with Gasteiger partial charge in [-0.3, -0.25) is 4.79 Å². The number of amides is 1. The van der Waals surface area contributed by atoms with Gasteiger partial charge in [-0.1, -0.05) is 12.1 Å². The molecule has 1 aromatic carbocycles. The Kier molecular flexibility index (Phi) is 4.04. The highest BCUT2D eigenvalue weighted by atomic mass is 16.5. The van der Waals surface area contributed by atoms with Crippen LogP contribution < -0.4 is 5.32 Å². The molecule has 0 aliphatic carbocycles. The van der Waals surface area contributed by atoms with E-state index in [1.807, 2.05) is 0 Å². The topological polar surface area (TPSA) is 59.8 Å². The molecule has 0 aliphatic heterocycles. The molecule has 0 fully saturated rings. The Morgan fingerprint density at radius 1 is 1.44 bits per heavy atom. The molecule has 1 rings (SSSR count). The van der Waals surface area contributed by atoms with E-state index >= 15 is 0 Å². The number of carbonyl (C=O) groups is 2. The van der Waals surface area contributed by atoms with Gasteiger partial charge in [0, 0.05) is 0 Å². The summed E-state index contributed by atoms with van der Waals surface area (Å²) in [5, 5.41) is 2.47. The molecule has 82 valence electrons. The van der Waals surface area contributed by atoms with Crippen LogP contribution in [-0.2, 0) is 9.53 Å². The van der Waals surface area contributed by atoms with E-state index in [-0.39, 0.29) is 12.1 Å². The Hall–Kier alpha value is -2.35. The molecule has 0 bridgehead atoms. The Morgan fingerprint density at radius 3 is 2.75 bits per heavy atom. The Labute approximate surface area is 92.8 Å². The molecule has 5 heteroatoms. The lowest BCUT2D eigenvalue weighted by molar-refractivity contribution is -0.114. The monoisotopic (exact) mass is 218 g/mol. The highest BCUT2D eigenvalue weighted by Crippen LogP contribution is 2.15. The number of para-hydroxylation sites is 1. The van der Waals surface area contributed by atoms with Crippen LogP contribution in [0.4, 0.5) is 5.69 Å². The van der Waals surface area contributed by atoms with Gasteiger partial charge in [-0.05, 0) is 12.1 Å². The number of esters is 1. The second kappa shape index (κ2) is 5.51. The number of carbonyl (C=O) groups excluding carboxylic acids is 2. The number of hydrogen-bond donors (Lipinski definition) is 1. The molecule has 1 N–H and O–H groups in total. The van der Waals surface area contributed by atoms with Gasteiger partial charge in [0.15, 0.2) is 0 Å². The minimum Gasteiger partial charge on any atom is -0.465 e. The van der Waals surface area contributed by atoms with Crippen LogP contribution in [-0.4, -0.2) is 25.5 Å². The predicted octanol–water partition coefficient (Wildman–Crippen LogP) is 1.33. The Balaban J connectivity index is 2.92. The molecule has 0 radical (unpaired) electrons. The van der Waals surface area contributed by atoms with Gasteiger partial charge in [-0.15, -0.1) is 0 Å². The highest BCUT2D eigenvalue weighted by molar-refractivity contribution is 6.02. The van der Waals surface area contributed by atoms with Gasteiger partial charge >= 0.3 is 11.9 Å². The van der Waals surface area contributed by atoms with Crippen LogP contribution in [0, 0.1) is 6.57 Å². The molecular formula is C11H10N2O3. The smallest absolute Gasteiger partial charge is 0.339 e. The van der Waals surface area contributed by atoms with E-state index in [4.69, 9.17) is 6.57 Å². The summed E-state index contributed by atoms with van der Waals surface area (Å²) in [5.74, 6) is -0.981. The summed E-state index contributed by atoms with van der Waals surface area (Å²) in [7, 11) is 1.26. The fraction of sp³-hybridized carbons (Fsp3) is 0.182. The maximum Gasteiger partial charge on any atom is 0.339 e. The van der Waals surface area contributed by atoms with Crippen LogP contribution in [0.1, 0.15) is 10.4 Å². The maximum absolute atomic E-state index is 11.3. The number of benzene rings is 1. The van der Waals surface area contributed by atoms with E-state index < -0.39 is 11.9 Å². The third-order valence-electron chi connectivity index (χ3n) is 1.83. The normalized spacial score (nSPS) is 9.00. The average molecular weight is 218 g/mol. The molecule has 0 heterocycles. The lowest BCUT2D eigenvalue weighted by Gasteiger charge is -2.06. The zero-order chi connectivity index (χ0) is 12.0. The van der Waals surface area contributed by atoms with E-state index in [1.165, 1.54) is 7.11 Å². The average Bonchev–Trinajstić information content (AvgIpc) is 2.29. The number of nitrogens with one attached hydrogen (secondary N) is 1. The first-order valence-corrected chi connectivity index (χ1v) is 4.49. The highest BCUT2D eigenvalue weighted by Gasteiger charge is 2.13. The summed E-state index contributed by atoms with van der Waals surface area (Å²) >= 11 is 0. The second-order valence-corrected chi connectivity index (χ2v) is 2.90. The van der Waals surface area contributed by atoms with Crippen LogP contribution in [0.5, 0.6) is 0 Å². The fourth-order valence-corrected chi connectivity index (χ4v) is 1.14. The van der Waals surface area contributed by atoms with Crippen molar-refractivity contribution in [3.05, 3.63) is 41.2 Å². The predicted molar refractivity (Wildman–Crippen MR) is 57.9 cm³/mol. The van der Waals surface area contributed by atoms with Crippen molar-refractivity contribution in [3.8, 4) is 0 Å². The molecule has 5 nitrogen and oxygen atoms in total. The summed E-state index contributed by atoms with van der Waals surface area (Å²) in [4.78, 5) is 25.5. The summed E-state index contributed by atoms with van der Waals surface area (Å²) in [6, 6.07) is 6.46. The molecule has 0 saturated heterocycles. The van der Waals surface area contributed by atoms with E-state index in [2.05, 4.69) is 14.9 Å². The zero-order valence-electron chi connectivity index (χ0n) is 8.69. The van der Waals surface area contributed by atoms with Gasteiger partial charge in [0.2, 0.25) is 0 Å². The molecule has 16 heavy (non-hydrogen) atoms. The van der Waals surface area contributed by atoms with E-state index in [0.717, 1.165) is 0 Å². The van der Waals surface area contributed by atoms with Gasteiger partial charge in [0.05, 0.1) is 18.4 Å². The Morgan fingerprint density at radius 2 is 2.12 bits per heavy atom. The Bertz CT molecular complexity index is 449. The van der Waals surface area contributed by atoms with Crippen molar-refractivity contribution in [3.63, 3.8) is 0 Å². The zero-order valence-corrected chi connectivity index (χ0v) is 8.69. The van der Waals surface area contributed by atoms with Gasteiger partial charge in [0.1, 0.15) is 0 Å². The first-order valence-electron chi connectivity index (χ1n) is 4.49. The maximum atomic E-state index is 11.3. The molecule has 1 aromatic rings. The lowest BCUT2D eigenvalue weighted by atomic mass is 10.2. The van der Waals surface area contributed by atoms with Crippen molar-refractivity contribution in [2.24, 2.45) is 0 Å². The van der Waals surface area contributed by atoms with Crippen LogP contribution in [0.2, 0.25) is 0 Å². The molecule has 0 atom stereocenters. The number of nitrogens with zero attached hydrogens (tertiary/aromatic N) is 1. The first-order chi connectivity index (χ1) is 7.69. The van der Waals surface area contributed by atoms with Crippen LogP contribution in [0.3, 0.4) is 0 Å².